The van der Waals surface area contributed by atoms with Crippen LogP contribution in [-0.2, 0) is 0 Å². The summed E-state index contributed by atoms with van der Waals surface area (Å²) in [5, 5.41) is 4.19. The maximum absolute atomic E-state index is 13.0. The van der Waals surface area contributed by atoms with Gasteiger partial charge in [-0.3, -0.25) is 9.59 Å². The lowest BCUT2D eigenvalue weighted by molar-refractivity contribution is 0.0924. The van der Waals surface area contributed by atoms with Crippen molar-refractivity contribution in [3.8, 4) is 0 Å². The van der Waals surface area contributed by atoms with Crippen molar-refractivity contribution in [2.24, 2.45) is 5.92 Å². The topological polar surface area (TPSA) is 90.6 Å². The van der Waals surface area contributed by atoms with Gasteiger partial charge in [-0.1, -0.05) is 44.2 Å². The van der Waals surface area contributed by atoms with Gasteiger partial charge in [0.2, 0.25) is 0 Å². The number of nitrogens with zero attached hydrogens (tertiary/aromatic N) is 1. The summed E-state index contributed by atoms with van der Waals surface area (Å²) in [5.41, 5.74) is 2.02. The van der Waals surface area contributed by atoms with E-state index in [-0.39, 0.29) is 23.4 Å². The van der Waals surface area contributed by atoms with E-state index in [9.17, 15) is 9.59 Å². The zero-order valence-corrected chi connectivity index (χ0v) is 15.1. The van der Waals surface area contributed by atoms with E-state index < -0.39 is 0 Å². The highest BCUT2D eigenvalue weighted by Gasteiger charge is 2.23. The summed E-state index contributed by atoms with van der Waals surface area (Å²) >= 11 is 0. The first-order chi connectivity index (χ1) is 13.0. The summed E-state index contributed by atoms with van der Waals surface area (Å²) < 4.78 is 0. The quantitative estimate of drug-likeness (QED) is 0.520. The van der Waals surface area contributed by atoms with Crippen molar-refractivity contribution in [2.45, 2.75) is 19.9 Å². The van der Waals surface area contributed by atoms with Crippen molar-refractivity contribution >= 4 is 27.7 Å². The summed E-state index contributed by atoms with van der Waals surface area (Å²) in [5.74, 6) is 0.596. The van der Waals surface area contributed by atoms with Gasteiger partial charge in [0.25, 0.3) is 11.5 Å². The molecule has 0 aliphatic rings. The molecule has 0 aliphatic carbocycles. The Morgan fingerprint density at radius 3 is 2.48 bits per heavy atom. The molecule has 3 N–H and O–H groups in total. The van der Waals surface area contributed by atoms with Crippen molar-refractivity contribution in [3.63, 3.8) is 0 Å². The second-order valence-corrected chi connectivity index (χ2v) is 6.91. The minimum absolute atomic E-state index is 0.128. The standard InChI is InChI=1S/C21H20N4O2/c1-12(2)18(19-23-16-9-5-6-10-17(16)24-19)25-21(27)15-11-22-20(26)14-8-4-3-7-13(14)15/h3-12,18H,1-2H3,(H,22,26)(H,23,24)(H,25,27)/t18-/m1/s1. The number of rotatable bonds is 4. The van der Waals surface area contributed by atoms with Gasteiger partial charge in [-0.05, 0) is 24.1 Å². The lowest BCUT2D eigenvalue weighted by Crippen LogP contribution is -2.33. The number of fused-ring (bicyclic) bond motifs is 2. The molecule has 4 rings (SSSR count). The summed E-state index contributed by atoms with van der Waals surface area (Å²) in [7, 11) is 0. The number of pyridine rings is 1. The van der Waals surface area contributed by atoms with Crippen LogP contribution < -0.4 is 10.9 Å². The Bertz CT molecular complexity index is 1160. The lowest BCUT2D eigenvalue weighted by Gasteiger charge is -2.20. The number of hydrogen-bond acceptors (Lipinski definition) is 3. The van der Waals surface area contributed by atoms with Crippen LogP contribution in [0.25, 0.3) is 21.8 Å². The fraction of sp³-hybridized carbons (Fsp3) is 0.190. The molecule has 27 heavy (non-hydrogen) atoms. The zero-order valence-electron chi connectivity index (χ0n) is 15.1. The summed E-state index contributed by atoms with van der Waals surface area (Å²) in [6, 6.07) is 14.6. The Balaban J connectivity index is 1.71. The molecule has 0 radical (unpaired) electrons. The molecule has 136 valence electrons. The largest absolute Gasteiger partial charge is 0.342 e. The molecule has 0 aliphatic heterocycles. The smallest absolute Gasteiger partial charge is 0.255 e. The zero-order chi connectivity index (χ0) is 19.0. The summed E-state index contributed by atoms with van der Waals surface area (Å²) in [4.78, 5) is 35.6. The van der Waals surface area contributed by atoms with Crippen molar-refractivity contribution in [2.75, 3.05) is 0 Å². The number of carbonyl (C=O) groups excluding carboxylic acids is 1. The van der Waals surface area contributed by atoms with Crippen LogP contribution >= 0.6 is 0 Å². The number of hydrogen-bond donors (Lipinski definition) is 3. The minimum Gasteiger partial charge on any atom is -0.342 e. The molecule has 0 saturated heterocycles. The maximum atomic E-state index is 13.0. The number of carbonyl (C=O) groups is 1. The van der Waals surface area contributed by atoms with Crippen LogP contribution in [-0.4, -0.2) is 20.9 Å². The van der Waals surface area contributed by atoms with Crippen molar-refractivity contribution in [1.29, 1.82) is 0 Å². The molecule has 2 heterocycles. The Morgan fingerprint density at radius 2 is 1.74 bits per heavy atom. The van der Waals surface area contributed by atoms with Crippen molar-refractivity contribution < 1.29 is 4.79 Å². The summed E-state index contributed by atoms with van der Waals surface area (Å²) in [6.45, 7) is 4.06. The van der Waals surface area contributed by atoms with Gasteiger partial charge in [0.1, 0.15) is 5.82 Å². The van der Waals surface area contributed by atoms with Gasteiger partial charge in [-0.15, -0.1) is 0 Å². The molecule has 6 nitrogen and oxygen atoms in total. The van der Waals surface area contributed by atoms with Crippen LogP contribution in [0.1, 0.15) is 36.1 Å². The van der Waals surface area contributed by atoms with Gasteiger partial charge < -0.3 is 15.3 Å². The molecule has 0 saturated carbocycles. The van der Waals surface area contributed by atoms with Gasteiger partial charge in [0, 0.05) is 17.0 Å². The third-order valence-corrected chi connectivity index (χ3v) is 4.71. The third-order valence-electron chi connectivity index (χ3n) is 4.71. The molecule has 0 fully saturated rings. The Labute approximate surface area is 155 Å². The van der Waals surface area contributed by atoms with Crippen LogP contribution in [0.4, 0.5) is 0 Å². The first kappa shape index (κ1) is 17.0. The first-order valence-electron chi connectivity index (χ1n) is 8.90. The minimum atomic E-state index is -0.282. The number of aromatic amines is 2. The average Bonchev–Trinajstić information content (AvgIpc) is 3.10. The average molecular weight is 360 g/mol. The molecule has 4 aromatic rings. The second kappa shape index (κ2) is 6.72. The van der Waals surface area contributed by atoms with Gasteiger partial charge in [-0.25, -0.2) is 4.98 Å². The van der Waals surface area contributed by atoms with E-state index in [1.54, 1.807) is 18.2 Å². The van der Waals surface area contributed by atoms with Crippen LogP contribution in [0.5, 0.6) is 0 Å². The number of benzene rings is 2. The van der Waals surface area contributed by atoms with Crippen molar-refractivity contribution in [1.82, 2.24) is 20.3 Å². The fourth-order valence-electron chi connectivity index (χ4n) is 3.29. The second-order valence-electron chi connectivity index (χ2n) is 6.91. The third kappa shape index (κ3) is 3.10. The predicted octanol–water partition coefficient (Wildman–Crippen LogP) is 3.53. The molecular formula is C21H20N4O2. The van der Waals surface area contributed by atoms with E-state index in [1.165, 1.54) is 6.20 Å². The number of para-hydroxylation sites is 2. The van der Waals surface area contributed by atoms with Gasteiger partial charge in [0.15, 0.2) is 0 Å². The van der Waals surface area contributed by atoms with Gasteiger partial charge >= 0.3 is 0 Å². The van der Waals surface area contributed by atoms with E-state index in [2.05, 4.69) is 20.3 Å². The monoisotopic (exact) mass is 360 g/mol. The molecule has 0 bridgehead atoms. The fourth-order valence-corrected chi connectivity index (χ4v) is 3.29. The molecule has 2 aromatic carbocycles. The highest BCUT2D eigenvalue weighted by atomic mass is 16.2. The molecular weight excluding hydrogens is 340 g/mol. The molecule has 2 aromatic heterocycles. The number of nitrogens with one attached hydrogen (secondary N) is 3. The molecule has 1 atom stereocenters. The van der Waals surface area contributed by atoms with E-state index in [1.807, 2.05) is 44.2 Å². The van der Waals surface area contributed by atoms with E-state index >= 15 is 0 Å². The molecule has 0 unspecified atom stereocenters. The number of aromatic nitrogens is 3. The number of amides is 1. The Kier molecular flexibility index (Phi) is 4.24. The normalized spacial score (nSPS) is 12.6. The van der Waals surface area contributed by atoms with Crippen LogP contribution in [0.15, 0.2) is 59.5 Å². The molecule has 6 heteroatoms. The molecule has 1 amide bonds. The number of imidazole rings is 1. The Hall–Kier alpha value is -3.41. The van der Waals surface area contributed by atoms with Crippen LogP contribution in [0.2, 0.25) is 0 Å². The predicted molar refractivity (Wildman–Crippen MR) is 106 cm³/mol. The molecule has 0 spiro atoms. The first-order valence-corrected chi connectivity index (χ1v) is 8.90. The highest BCUT2D eigenvalue weighted by molar-refractivity contribution is 6.06. The summed E-state index contributed by atoms with van der Waals surface area (Å²) in [6.07, 6.45) is 1.47. The van der Waals surface area contributed by atoms with E-state index in [4.69, 9.17) is 0 Å². The SMILES string of the molecule is CC(C)[C@@H](NC(=O)c1c[nH]c(=O)c2ccccc12)c1nc2ccccc2[nH]1. The highest BCUT2D eigenvalue weighted by Crippen LogP contribution is 2.23. The maximum Gasteiger partial charge on any atom is 0.255 e. The van der Waals surface area contributed by atoms with Gasteiger partial charge in [-0.2, -0.15) is 0 Å². The lowest BCUT2D eigenvalue weighted by atomic mass is 10.0. The van der Waals surface area contributed by atoms with E-state index in [0.29, 0.717) is 22.2 Å². The number of H-pyrrole nitrogens is 2. The Morgan fingerprint density at radius 1 is 1.04 bits per heavy atom. The van der Waals surface area contributed by atoms with E-state index in [0.717, 1.165) is 11.0 Å². The van der Waals surface area contributed by atoms with Crippen LogP contribution in [0.3, 0.4) is 0 Å². The van der Waals surface area contributed by atoms with Gasteiger partial charge in [0.05, 0.1) is 22.6 Å². The van der Waals surface area contributed by atoms with Crippen molar-refractivity contribution in [3.05, 3.63) is 76.5 Å². The van der Waals surface area contributed by atoms with Crippen LogP contribution in [0, 0.1) is 5.92 Å².